The third-order valence-corrected chi connectivity index (χ3v) is 3.15. The van der Waals surface area contributed by atoms with E-state index in [1.165, 1.54) is 45.3 Å². The van der Waals surface area contributed by atoms with Crippen LogP contribution in [-0.4, -0.2) is 24.5 Å². The lowest BCUT2D eigenvalue weighted by Crippen LogP contribution is -2.22. The summed E-state index contributed by atoms with van der Waals surface area (Å²) in [6.07, 6.45) is 9.97. The molecule has 0 aromatic carbocycles. The van der Waals surface area contributed by atoms with Gasteiger partial charge in [-0.2, -0.15) is 0 Å². The fourth-order valence-electron chi connectivity index (χ4n) is 2.20. The molecule has 1 heteroatoms. The second kappa shape index (κ2) is 4.10. The van der Waals surface area contributed by atoms with Crippen molar-refractivity contribution in [2.75, 3.05) is 19.6 Å². The van der Waals surface area contributed by atoms with Crippen molar-refractivity contribution in [1.82, 2.24) is 4.90 Å². The molecule has 1 fully saturated rings. The van der Waals surface area contributed by atoms with Gasteiger partial charge in [-0.3, -0.25) is 4.90 Å². The minimum Gasteiger partial charge on any atom is -0.299 e. The Hall–Kier alpha value is -0.560. The average Bonchev–Trinajstić information content (AvgIpc) is 2.61. The van der Waals surface area contributed by atoms with Gasteiger partial charge in [0.2, 0.25) is 0 Å². The third kappa shape index (κ3) is 2.22. The zero-order valence-electron chi connectivity index (χ0n) is 8.55. The summed E-state index contributed by atoms with van der Waals surface area (Å²) in [5.41, 5.74) is 3.18. The molecule has 0 spiro atoms. The van der Waals surface area contributed by atoms with Crippen molar-refractivity contribution in [2.24, 2.45) is 0 Å². The molecule has 0 unspecified atom stereocenters. The maximum Gasteiger partial charge on any atom is 0.0233 e. The standard InChI is InChI=1S/C12H19N/c1-11-6-2-3-7-12(11)10-13-8-4-5-9-13/h3,7H,2,4-6,8-10H2,1H3. The molecule has 1 nitrogen and oxygen atoms in total. The summed E-state index contributed by atoms with van der Waals surface area (Å²) in [6.45, 7) is 6.10. The zero-order chi connectivity index (χ0) is 9.10. The number of hydrogen-bond acceptors (Lipinski definition) is 1. The molecule has 0 atom stereocenters. The second-order valence-electron chi connectivity index (χ2n) is 4.23. The molecule has 0 N–H and O–H groups in total. The van der Waals surface area contributed by atoms with Crippen LogP contribution in [0.1, 0.15) is 32.6 Å². The SMILES string of the molecule is CC1=C(CN2CCCC2)C=CCC1. The number of hydrogen-bond donors (Lipinski definition) is 0. The van der Waals surface area contributed by atoms with E-state index in [1.807, 2.05) is 0 Å². The van der Waals surface area contributed by atoms with E-state index in [4.69, 9.17) is 0 Å². The quantitative estimate of drug-likeness (QED) is 0.627. The summed E-state index contributed by atoms with van der Waals surface area (Å²) in [5, 5.41) is 0. The predicted octanol–water partition coefficient (Wildman–Crippen LogP) is 2.75. The van der Waals surface area contributed by atoms with Gasteiger partial charge in [0.1, 0.15) is 0 Å². The summed E-state index contributed by atoms with van der Waals surface area (Å²) in [6, 6.07) is 0. The lowest BCUT2D eigenvalue weighted by atomic mass is 9.99. The maximum absolute atomic E-state index is 2.58. The molecule has 1 heterocycles. The van der Waals surface area contributed by atoms with Crippen molar-refractivity contribution in [2.45, 2.75) is 32.6 Å². The minimum atomic E-state index is 1.20. The lowest BCUT2D eigenvalue weighted by Gasteiger charge is -2.19. The van der Waals surface area contributed by atoms with E-state index < -0.39 is 0 Å². The van der Waals surface area contributed by atoms with Crippen molar-refractivity contribution in [3.8, 4) is 0 Å². The van der Waals surface area contributed by atoms with Crippen molar-refractivity contribution < 1.29 is 0 Å². The molecule has 1 saturated heterocycles. The molecule has 1 aliphatic heterocycles. The van der Waals surface area contributed by atoms with Gasteiger partial charge in [-0.25, -0.2) is 0 Å². The smallest absolute Gasteiger partial charge is 0.0233 e. The van der Waals surface area contributed by atoms with Gasteiger partial charge < -0.3 is 0 Å². The van der Waals surface area contributed by atoms with Gasteiger partial charge in [-0.1, -0.05) is 17.7 Å². The molecule has 13 heavy (non-hydrogen) atoms. The van der Waals surface area contributed by atoms with Crippen molar-refractivity contribution in [1.29, 1.82) is 0 Å². The Labute approximate surface area is 81.1 Å². The molecule has 0 aromatic heterocycles. The van der Waals surface area contributed by atoms with Gasteiger partial charge in [0, 0.05) is 6.54 Å². The first kappa shape index (κ1) is 9.01. The van der Waals surface area contributed by atoms with Crippen LogP contribution < -0.4 is 0 Å². The lowest BCUT2D eigenvalue weighted by molar-refractivity contribution is 0.369. The van der Waals surface area contributed by atoms with Gasteiger partial charge in [-0.05, 0) is 51.3 Å². The topological polar surface area (TPSA) is 3.24 Å². The maximum atomic E-state index is 2.58. The fraction of sp³-hybridized carbons (Fsp3) is 0.667. The van der Waals surface area contributed by atoms with Crippen molar-refractivity contribution >= 4 is 0 Å². The first-order valence-electron chi connectivity index (χ1n) is 5.44. The van der Waals surface area contributed by atoms with Crippen LogP contribution in [-0.2, 0) is 0 Å². The van der Waals surface area contributed by atoms with E-state index in [2.05, 4.69) is 24.0 Å². The summed E-state index contributed by atoms with van der Waals surface area (Å²) in [4.78, 5) is 2.58. The van der Waals surface area contributed by atoms with E-state index in [-0.39, 0.29) is 0 Å². The van der Waals surface area contributed by atoms with Crippen LogP contribution in [0.3, 0.4) is 0 Å². The largest absolute Gasteiger partial charge is 0.299 e. The molecule has 0 amide bonds. The molecule has 0 bridgehead atoms. The van der Waals surface area contributed by atoms with Crippen LogP contribution in [0.25, 0.3) is 0 Å². The first-order valence-corrected chi connectivity index (χ1v) is 5.44. The summed E-state index contributed by atoms with van der Waals surface area (Å²) >= 11 is 0. The van der Waals surface area contributed by atoms with Gasteiger partial charge in [-0.15, -0.1) is 0 Å². The summed E-state index contributed by atoms with van der Waals surface area (Å²) < 4.78 is 0. The van der Waals surface area contributed by atoms with Crippen LogP contribution in [0.15, 0.2) is 23.3 Å². The van der Waals surface area contributed by atoms with Crippen LogP contribution in [0.4, 0.5) is 0 Å². The van der Waals surface area contributed by atoms with Crippen molar-refractivity contribution in [3.63, 3.8) is 0 Å². The molecule has 2 aliphatic rings. The minimum absolute atomic E-state index is 1.20. The molecule has 0 radical (unpaired) electrons. The van der Waals surface area contributed by atoms with E-state index in [9.17, 15) is 0 Å². The normalized spacial score (nSPS) is 24.4. The number of allylic oxidation sites excluding steroid dienone is 2. The van der Waals surface area contributed by atoms with Gasteiger partial charge >= 0.3 is 0 Å². The van der Waals surface area contributed by atoms with Crippen LogP contribution in [0.5, 0.6) is 0 Å². The average molecular weight is 177 g/mol. The fourth-order valence-corrected chi connectivity index (χ4v) is 2.20. The molecule has 0 aromatic rings. The molecule has 1 aliphatic carbocycles. The van der Waals surface area contributed by atoms with Crippen LogP contribution in [0.2, 0.25) is 0 Å². The number of nitrogens with zero attached hydrogens (tertiary/aromatic N) is 1. The van der Waals surface area contributed by atoms with Crippen LogP contribution >= 0.6 is 0 Å². The Balaban J connectivity index is 1.95. The highest BCUT2D eigenvalue weighted by Gasteiger charge is 2.13. The zero-order valence-corrected chi connectivity index (χ0v) is 8.55. The Morgan fingerprint density at radius 2 is 2.08 bits per heavy atom. The Morgan fingerprint density at radius 1 is 1.31 bits per heavy atom. The van der Waals surface area contributed by atoms with E-state index in [0.717, 1.165) is 0 Å². The van der Waals surface area contributed by atoms with E-state index in [0.29, 0.717) is 0 Å². The highest BCUT2D eigenvalue weighted by Crippen LogP contribution is 2.20. The number of likely N-dealkylation sites (tertiary alicyclic amines) is 1. The third-order valence-electron chi connectivity index (χ3n) is 3.15. The Morgan fingerprint density at radius 3 is 2.77 bits per heavy atom. The van der Waals surface area contributed by atoms with Crippen molar-refractivity contribution in [3.05, 3.63) is 23.3 Å². The molecular formula is C12H19N. The molecule has 2 rings (SSSR count). The van der Waals surface area contributed by atoms with Gasteiger partial charge in [0.25, 0.3) is 0 Å². The second-order valence-corrected chi connectivity index (χ2v) is 4.23. The van der Waals surface area contributed by atoms with E-state index >= 15 is 0 Å². The number of rotatable bonds is 2. The Kier molecular flexibility index (Phi) is 2.84. The molecule has 0 saturated carbocycles. The highest BCUT2D eigenvalue weighted by molar-refractivity contribution is 5.29. The predicted molar refractivity (Wildman–Crippen MR) is 56.7 cm³/mol. The summed E-state index contributed by atoms with van der Waals surface area (Å²) in [5.74, 6) is 0. The van der Waals surface area contributed by atoms with E-state index in [1.54, 1.807) is 11.1 Å². The van der Waals surface area contributed by atoms with Gasteiger partial charge in [0.05, 0.1) is 0 Å². The first-order chi connectivity index (χ1) is 6.36. The monoisotopic (exact) mass is 177 g/mol. The molecular weight excluding hydrogens is 158 g/mol. The summed E-state index contributed by atoms with van der Waals surface area (Å²) in [7, 11) is 0. The highest BCUT2D eigenvalue weighted by atomic mass is 15.1. The van der Waals surface area contributed by atoms with Gasteiger partial charge in [0.15, 0.2) is 0 Å². The van der Waals surface area contributed by atoms with Crippen LogP contribution in [0, 0.1) is 0 Å². The Bertz CT molecular complexity index is 232. The molecule has 72 valence electrons.